The molecule has 9 nitrogen and oxygen atoms in total. The lowest BCUT2D eigenvalue weighted by molar-refractivity contribution is -0.139. The van der Waals surface area contributed by atoms with Crippen molar-refractivity contribution in [2.24, 2.45) is 0 Å². The molecule has 0 spiro atoms. The first-order chi connectivity index (χ1) is 15.7. The number of aromatic nitrogens is 3. The second kappa shape index (κ2) is 9.14. The summed E-state index contributed by atoms with van der Waals surface area (Å²) in [4.78, 5) is 28.5. The average Bonchev–Trinajstić information content (AvgIpc) is 3.20. The van der Waals surface area contributed by atoms with E-state index in [9.17, 15) is 9.59 Å². The molecule has 2 fully saturated rings. The van der Waals surface area contributed by atoms with Crippen molar-refractivity contribution in [3.05, 3.63) is 33.7 Å². The fraction of sp³-hybridized carbons (Fsp3) is 0.524. The third-order valence-corrected chi connectivity index (χ3v) is 7.68. The summed E-state index contributed by atoms with van der Waals surface area (Å²) in [6, 6.07) is 3.40. The minimum atomic E-state index is -0.528. The molecule has 1 saturated heterocycles. The number of urea groups is 1. The van der Waals surface area contributed by atoms with E-state index in [1.165, 1.54) is 35.9 Å². The molecule has 170 valence electrons. The molecule has 5 rings (SSSR count). The number of ether oxygens (including phenoxy) is 1. The molecule has 1 aliphatic carbocycles. The van der Waals surface area contributed by atoms with Crippen molar-refractivity contribution in [3.8, 4) is 0 Å². The maximum absolute atomic E-state index is 12.9. The highest BCUT2D eigenvalue weighted by molar-refractivity contribution is 7.99. The Hall–Kier alpha value is -2.53. The Morgan fingerprint density at radius 1 is 1.31 bits per heavy atom. The van der Waals surface area contributed by atoms with Gasteiger partial charge in [0.25, 0.3) is 0 Å². The molecule has 2 N–H and O–H groups in total. The minimum Gasteiger partial charge on any atom is -0.463 e. The Labute approximate surface area is 194 Å². The van der Waals surface area contributed by atoms with Crippen LogP contribution < -0.4 is 15.5 Å². The van der Waals surface area contributed by atoms with Gasteiger partial charge in [0, 0.05) is 35.5 Å². The van der Waals surface area contributed by atoms with Crippen molar-refractivity contribution in [1.82, 2.24) is 25.4 Å². The van der Waals surface area contributed by atoms with Crippen LogP contribution in [-0.4, -0.2) is 52.2 Å². The molecule has 2 amide bonds. The second-order valence-corrected chi connectivity index (χ2v) is 9.95. The average molecular weight is 475 g/mol. The van der Waals surface area contributed by atoms with Crippen molar-refractivity contribution in [2.75, 3.05) is 30.3 Å². The van der Waals surface area contributed by atoms with E-state index in [1.54, 1.807) is 6.92 Å². The highest BCUT2D eigenvalue weighted by Crippen LogP contribution is 2.42. The number of anilines is 1. The molecule has 4 heterocycles. The Morgan fingerprint density at radius 2 is 2.12 bits per heavy atom. The van der Waals surface area contributed by atoms with Crippen LogP contribution in [0.3, 0.4) is 0 Å². The number of carbonyl (C=O) groups is 2. The van der Waals surface area contributed by atoms with E-state index in [4.69, 9.17) is 4.74 Å². The summed E-state index contributed by atoms with van der Waals surface area (Å²) in [6.07, 6.45) is 4.62. The Balaban J connectivity index is 1.44. The normalized spacial score (nSPS) is 21.0. The van der Waals surface area contributed by atoms with Crippen LogP contribution in [0.25, 0.3) is 0 Å². The number of thiophene rings is 1. The summed E-state index contributed by atoms with van der Waals surface area (Å²) in [6.45, 7) is 4.07. The molecule has 3 aliphatic rings. The maximum atomic E-state index is 12.9. The van der Waals surface area contributed by atoms with Crippen LogP contribution in [0.15, 0.2) is 33.9 Å². The molecule has 2 aliphatic heterocycles. The summed E-state index contributed by atoms with van der Waals surface area (Å²) in [5.74, 6) is 0.919. The summed E-state index contributed by atoms with van der Waals surface area (Å²) in [5, 5.41) is 17.4. The number of esters is 1. The fourth-order valence-corrected chi connectivity index (χ4v) is 5.89. The predicted molar refractivity (Wildman–Crippen MR) is 123 cm³/mol. The zero-order valence-corrected chi connectivity index (χ0v) is 19.5. The van der Waals surface area contributed by atoms with Gasteiger partial charge in [-0.25, -0.2) is 9.59 Å². The number of carbonyl (C=O) groups excluding carboxylic acids is 2. The van der Waals surface area contributed by atoms with Gasteiger partial charge >= 0.3 is 12.0 Å². The van der Waals surface area contributed by atoms with E-state index in [2.05, 4.69) is 30.3 Å². The van der Waals surface area contributed by atoms with Crippen LogP contribution in [0.4, 0.5) is 10.7 Å². The SMILES string of the molecule is CCOC(=O)C1=C(CSc2nnc(N3CCCC3)n2C2CC2)NC(=O)N[C@@H]1c1cccs1. The monoisotopic (exact) mass is 474 g/mol. The van der Waals surface area contributed by atoms with E-state index in [0.29, 0.717) is 23.1 Å². The summed E-state index contributed by atoms with van der Waals surface area (Å²) >= 11 is 3.00. The lowest BCUT2D eigenvalue weighted by Crippen LogP contribution is -2.46. The first-order valence-electron chi connectivity index (χ1n) is 11.0. The number of rotatable bonds is 8. The van der Waals surface area contributed by atoms with Crippen LogP contribution in [0.5, 0.6) is 0 Å². The number of hydrogen-bond acceptors (Lipinski definition) is 8. The third kappa shape index (κ3) is 4.23. The number of nitrogens with one attached hydrogen (secondary N) is 2. The highest BCUT2D eigenvalue weighted by atomic mass is 32.2. The van der Waals surface area contributed by atoms with Gasteiger partial charge in [-0.3, -0.25) is 4.57 Å². The van der Waals surface area contributed by atoms with Gasteiger partial charge in [-0.2, -0.15) is 0 Å². The van der Waals surface area contributed by atoms with Crippen LogP contribution in [-0.2, 0) is 9.53 Å². The molecule has 32 heavy (non-hydrogen) atoms. The van der Waals surface area contributed by atoms with E-state index in [1.807, 2.05) is 17.5 Å². The van der Waals surface area contributed by atoms with Gasteiger partial charge in [0.2, 0.25) is 5.95 Å². The second-order valence-electron chi connectivity index (χ2n) is 8.03. The van der Waals surface area contributed by atoms with Gasteiger partial charge < -0.3 is 20.3 Å². The minimum absolute atomic E-state index is 0.267. The van der Waals surface area contributed by atoms with Crippen LogP contribution >= 0.6 is 23.1 Å². The Kier molecular flexibility index (Phi) is 6.09. The Bertz CT molecular complexity index is 1020. The fourth-order valence-electron chi connectivity index (χ4n) is 4.14. The summed E-state index contributed by atoms with van der Waals surface area (Å²) < 4.78 is 7.57. The van der Waals surface area contributed by atoms with Gasteiger partial charge in [-0.05, 0) is 44.1 Å². The third-order valence-electron chi connectivity index (χ3n) is 5.77. The van der Waals surface area contributed by atoms with Gasteiger partial charge in [0.15, 0.2) is 5.16 Å². The summed E-state index contributed by atoms with van der Waals surface area (Å²) in [5.41, 5.74) is 1.00. The predicted octanol–water partition coefficient (Wildman–Crippen LogP) is 3.24. The van der Waals surface area contributed by atoms with Gasteiger partial charge in [0.05, 0.1) is 18.2 Å². The topological polar surface area (TPSA) is 101 Å². The molecule has 0 aromatic carbocycles. The molecule has 0 unspecified atom stereocenters. The lowest BCUT2D eigenvalue weighted by Gasteiger charge is -2.28. The largest absolute Gasteiger partial charge is 0.463 e. The lowest BCUT2D eigenvalue weighted by atomic mass is 10.0. The van der Waals surface area contributed by atoms with Gasteiger partial charge in [0.1, 0.15) is 0 Å². The van der Waals surface area contributed by atoms with E-state index >= 15 is 0 Å². The molecule has 1 atom stereocenters. The standard InChI is InChI=1S/C21H26N6O3S2/c1-2-30-18(28)16-14(22-19(29)23-17(16)15-6-5-11-31-15)12-32-21-25-24-20(26-9-3-4-10-26)27(21)13-7-8-13/h5-6,11,13,17H,2-4,7-10,12H2,1H3,(H2,22,23,29)/t17-/m1/s1. The van der Waals surface area contributed by atoms with Crippen molar-refractivity contribution in [2.45, 2.75) is 49.8 Å². The number of nitrogens with zero attached hydrogens (tertiary/aromatic N) is 4. The van der Waals surface area contributed by atoms with E-state index in [0.717, 1.165) is 41.9 Å². The molecule has 0 radical (unpaired) electrons. The maximum Gasteiger partial charge on any atom is 0.338 e. The van der Waals surface area contributed by atoms with Crippen molar-refractivity contribution >= 4 is 41.0 Å². The number of amides is 2. The van der Waals surface area contributed by atoms with E-state index in [-0.39, 0.29) is 12.6 Å². The molecule has 2 aromatic heterocycles. The molecule has 11 heteroatoms. The highest BCUT2D eigenvalue weighted by Gasteiger charge is 2.36. The van der Waals surface area contributed by atoms with Crippen LogP contribution in [0, 0.1) is 0 Å². The molecule has 1 saturated carbocycles. The van der Waals surface area contributed by atoms with Crippen molar-refractivity contribution < 1.29 is 14.3 Å². The van der Waals surface area contributed by atoms with Gasteiger partial charge in [-0.15, -0.1) is 21.5 Å². The smallest absolute Gasteiger partial charge is 0.338 e. The number of hydrogen-bond donors (Lipinski definition) is 2. The first-order valence-corrected chi connectivity index (χ1v) is 12.9. The molecular weight excluding hydrogens is 448 g/mol. The summed E-state index contributed by atoms with van der Waals surface area (Å²) in [7, 11) is 0. The number of thioether (sulfide) groups is 1. The van der Waals surface area contributed by atoms with Gasteiger partial charge in [-0.1, -0.05) is 17.8 Å². The molecule has 2 aromatic rings. The molecule has 0 bridgehead atoms. The van der Waals surface area contributed by atoms with Crippen LogP contribution in [0.1, 0.15) is 49.6 Å². The zero-order valence-electron chi connectivity index (χ0n) is 17.9. The zero-order chi connectivity index (χ0) is 22.1. The molecular formula is C21H26N6O3S2. The van der Waals surface area contributed by atoms with E-state index < -0.39 is 12.0 Å². The van der Waals surface area contributed by atoms with Crippen molar-refractivity contribution in [1.29, 1.82) is 0 Å². The van der Waals surface area contributed by atoms with Crippen LogP contribution in [0.2, 0.25) is 0 Å². The van der Waals surface area contributed by atoms with Crippen molar-refractivity contribution in [3.63, 3.8) is 0 Å². The first kappa shape index (κ1) is 21.3. The Morgan fingerprint density at radius 3 is 2.81 bits per heavy atom. The quantitative estimate of drug-likeness (QED) is 0.447.